The van der Waals surface area contributed by atoms with Crippen LogP contribution in [0.5, 0.6) is 17.6 Å². The van der Waals surface area contributed by atoms with Crippen molar-refractivity contribution in [3.05, 3.63) is 64.5 Å². The fraction of sp³-hybridized carbons (Fsp3) is 0.481. The molecule has 2 aromatic heterocycles. The van der Waals surface area contributed by atoms with Gasteiger partial charge < -0.3 is 29.2 Å². The van der Waals surface area contributed by atoms with E-state index < -0.39 is 16.7 Å². The molecule has 0 N–H and O–H groups in total. The van der Waals surface area contributed by atoms with Crippen molar-refractivity contribution in [1.82, 2.24) is 14.5 Å². The lowest BCUT2D eigenvalue weighted by atomic mass is 9.92. The molecule has 214 valence electrons. The number of aryl methyl sites for hydroxylation is 1. The van der Waals surface area contributed by atoms with Gasteiger partial charge in [0.15, 0.2) is 0 Å². The highest BCUT2D eigenvalue weighted by atomic mass is 19.4. The molecule has 40 heavy (non-hydrogen) atoms. The molecule has 1 atom stereocenters. The van der Waals surface area contributed by atoms with Gasteiger partial charge in [-0.3, -0.25) is 4.57 Å². The van der Waals surface area contributed by atoms with Gasteiger partial charge in [0, 0.05) is 49.0 Å². The predicted octanol–water partition coefficient (Wildman–Crippen LogP) is 5.51. The van der Waals surface area contributed by atoms with Crippen LogP contribution < -0.4 is 19.1 Å². The van der Waals surface area contributed by atoms with Crippen LogP contribution in [0.4, 0.5) is 24.7 Å². The summed E-state index contributed by atoms with van der Waals surface area (Å²) in [6.45, 7) is 3.23. The number of nitrogens with zero attached hydrogens (tertiary/aromatic N) is 5. The highest BCUT2D eigenvalue weighted by Gasteiger charge is 2.31. The van der Waals surface area contributed by atoms with E-state index in [0.29, 0.717) is 32.1 Å². The molecule has 0 spiro atoms. The Bertz CT molecular complexity index is 1280. The lowest BCUT2D eigenvalue weighted by Crippen LogP contribution is -2.33. The number of nitro groups is 1. The van der Waals surface area contributed by atoms with Crippen LogP contribution in [-0.4, -0.2) is 51.9 Å². The van der Waals surface area contributed by atoms with Crippen LogP contribution in [-0.2, 0) is 12.7 Å². The number of alkyl halides is 3. The van der Waals surface area contributed by atoms with Crippen molar-refractivity contribution in [3.63, 3.8) is 0 Å². The van der Waals surface area contributed by atoms with Crippen molar-refractivity contribution >= 4 is 11.5 Å². The topological polar surface area (TPSA) is 105 Å². The average molecular weight is 562 g/mol. The molecular weight excluding hydrogens is 531 g/mol. The first-order chi connectivity index (χ1) is 19.2. The van der Waals surface area contributed by atoms with E-state index >= 15 is 0 Å². The number of imidazole rings is 1. The van der Waals surface area contributed by atoms with Crippen LogP contribution in [0, 0.1) is 16.0 Å². The van der Waals surface area contributed by atoms with Crippen LogP contribution >= 0.6 is 0 Å². The molecule has 10 nitrogen and oxygen atoms in total. The van der Waals surface area contributed by atoms with E-state index in [1.165, 1.54) is 12.3 Å². The van der Waals surface area contributed by atoms with E-state index in [4.69, 9.17) is 14.2 Å². The Morgan fingerprint density at radius 2 is 1.82 bits per heavy atom. The second-order valence-corrected chi connectivity index (χ2v) is 9.97. The van der Waals surface area contributed by atoms with Gasteiger partial charge in [-0.2, -0.15) is 13.2 Å². The fourth-order valence-corrected chi connectivity index (χ4v) is 4.94. The van der Waals surface area contributed by atoms with Crippen molar-refractivity contribution in [2.75, 3.05) is 31.2 Å². The van der Waals surface area contributed by atoms with Crippen LogP contribution in [0.3, 0.4) is 0 Å². The van der Waals surface area contributed by atoms with Gasteiger partial charge in [-0.1, -0.05) is 0 Å². The number of aromatic nitrogens is 3. The van der Waals surface area contributed by atoms with Crippen molar-refractivity contribution in [1.29, 1.82) is 0 Å². The summed E-state index contributed by atoms with van der Waals surface area (Å²) in [5.74, 6) is 1.29. The monoisotopic (exact) mass is 561 g/mol. The number of ether oxygens (including phenoxy) is 3. The number of benzene rings is 1. The molecule has 3 aromatic rings. The molecular formula is C27H30F3N5O5. The number of hydrogen-bond donors (Lipinski definition) is 0. The first-order valence-electron chi connectivity index (χ1n) is 13.3. The Morgan fingerprint density at radius 3 is 2.50 bits per heavy atom. The van der Waals surface area contributed by atoms with Gasteiger partial charge in [-0.15, -0.1) is 0 Å². The molecule has 5 rings (SSSR count). The quantitative estimate of drug-likeness (QED) is 0.181. The van der Waals surface area contributed by atoms with E-state index in [-0.39, 0.29) is 23.8 Å². The van der Waals surface area contributed by atoms with E-state index in [9.17, 15) is 23.3 Å². The summed E-state index contributed by atoms with van der Waals surface area (Å²) < 4.78 is 56.7. The van der Waals surface area contributed by atoms with Crippen LogP contribution in [0.1, 0.15) is 37.7 Å². The lowest BCUT2D eigenvalue weighted by Gasteiger charge is -2.33. The zero-order chi connectivity index (χ0) is 28.1. The minimum atomic E-state index is -4.40. The van der Waals surface area contributed by atoms with E-state index in [0.717, 1.165) is 62.5 Å². The lowest BCUT2D eigenvalue weighted by molar-refractivity contribution is -0.389. The molecule has 2 aliphatic rings. The molecule has 1 fully saturated rings. The zero-order valence-corrected chi connectivity index (χ0v) is 21.8. The number of halogens is 3. The summed E-state index contributed by atoms with van der Waals surface area (Å²) in [4.78, 5) is 20.4. The molecule has 0 radical (unpaired) electrons. The van der Waals surface area contributed by atoms with Crippen molar-refractivity contribution < 1.29 is 32.3 Å². The Labute approximate surface area is 228 Å². The molecule has 4 heterocycles. The number of hydrogen-bond acceptors (Lipinski definition) is 8. The first-order valence-corrected chi connectivity index (χ1v) is 13.3. The third-order valence-electron chi connectivity index (χ3n) is 7.20. The largest absolute Gasteiger partial charge is 0.490 e. The number of rotatable bonds is 10. The van der Waals surface area contributed by atoms with Crippen LogP contribution in [0.2, 0.25) is 0 Å². The van der Waals surface area contributed by atoms with Crippen molar-refractivity contribution in [2.24, 2.45) is 5.92 Å². The van der Waals surface area contributed by atoms with Crippen LogP contribution in [0.25, 0.3) is 0 Å². The maximum Gasteiger partial charge on any atom is 0.417 e. The third kappa shape index (κ3) is 6.93. The number of piperidine rings is 1. The molecule has 0 aliphatic carbocycles. The SMILES string of the molecule is O=[N+]([O-])c1cn2c(n1)OC(COc1ccc(N3CCC(CCCOc4ccc(C(F)(F)F)cn4)CC3)cc1)CC2. The van der Waals surface area contributed by atoms with E-state index in [1.54, 1.807) is 4.57 Å². The van der Waals surface area contributed by atoms with E-state index in [2.05, 4.69) is 14.9 Å². The number of pyridine rings is 1. The molecule has 1 unspecified atom stereocenters. The Balaban J connectivity index is 0.992. The highest BCUT2D eigenvalue weighted by molar-refractivity contribution is 5.49. The van der Waals surface area contributed by atoms with Crippen molar-refractivity contribution in [3.8, 4) is 17.6 Å². The smallest absolute Gasteiger partial charge is 0.417 e. The van der Waals surface area contributed by atoms with Crippen molar-refractivity contribution in [2.45, 2.75) is 50.9 Å². The average Bonchev–Trinajstić information content (AvgIpc) is 3.39. The summed E-state index contributed by atoms with van der Waals surface area (Å²) >= 11 is 0. The minimum absolute atomic E-state index is 0.208. The van der Waals surface area contributed by atoms with Crippen LogP contribution in [0.15, 0.2) is 48.8 Å². The Hall–Kier alpha value is -4.03. The Morgan fingerprint density at radius 1 is 1.05 bits per heavy atom. The summed E-state index contributed by atoms with van der Waals surface area (Å²) in [6.07, 6.45) is 2.16. The molecule has 0 amide bonds. The predicted molar refractivity (Wildman–Crippen MR) is 139 cm³/mol. The fourth-order valence-electron chi connectivity index (χ4n) is 4.94. The van der Waals surface area contributed by atoms with Gasteiger partial charge in [0.1, 0.15) is 24.7 Å². The molecule has 0 saturated carbocycles. The molecule has 1 aromatic carbocycles. The molecule has 1 saturated heterocycles. The number of fused-ring (bicyclic) bond motifs is 1. The van der Waals surface area contributed by atoms with Gasteiger partial charge in [0.05, 0.1) is 12.2 Å². The van der Waals surface area contributed by atoms with E-state index in [1.807, 2.05) is 24.3 Å². The maximum atomic E-state index is 12.6. The summed E-state index contributed by atoms with van der Waals surface area (Å²) in [5.41, 5.74) is 0.347. The second-order valence-electron chi connectivity index (χ2n) is 9.97. The normalized spacial score (nSPS) is 17.7. The van der Waals surface area contributed by atoms with Gasteiger partial charge in [-0.05, 0) is 66.9 Å². The Kier molecular flexibility index (Phi) is 8.27. The summed E-state index contributed by atoms with van der Waals surface area (Å²) in [5, 5.41) is 10.9. The third-order valence-corrected chi connectivity index (χ3v) is 7.20. The van der Waals surface area contributed by atoms with Gasteiger partial charge in [0.2, 0.25) is 5.88 Å². The molecule has 13 heteroatoms. The zero-order valence-electron chi connectivity index (χ0n) is 21.8. The first kappa shape index (κ1) is 27.5. The summed E-state index contributed by atoms with van der Waals surface area (Å²) in [6, 6.07) is 10.4. The molecule has 0 bridgehead atoms. The highest BCUT2D eigenvalue weighted by Crippen LogP contribution is 2.30. The van der Waals surface area contributed by atoms with Gasteiger partial charge in [-0.25, -0.2) is 4.98 Å². The molecule has 2 aliphatic heterocycles. The summed E-state index contributed by atoms with van der Waals surface area (Å²) in [7, 11) is 0. The van der Waals surface area contributed by atoms with Gasteiger partial charge >= 0.3 is 18.0 Å². The second kappa shape index (κ2) is 12.0. The number of anilines is 1. The maximum absolute atomic E-state index is 12.6. The standard InChI is InChI=1S/C27H30F3N5O5/c28-27(29,30)20-3-8-25(31-16-20)38-15-1-2-19-9-12-33(13-10-19)21-4-6-22(7-5-21)39-18-23-11-14-34-17-24(35(36)37)32-26(34)40-23/h3-8,16-17,19,23H,1-2,9-15,18H2. The minimum Gasteiger partial charge on any atom is -0.490 e. The van der Waals surface area contributed by atoms with Gasteiger partial charge in [0.25, 0.3) is 0 Å².